The third-order valence-corrected chi connectivity index (χ3v) is 7.88. The number of nitrogens with one attached hydrogen (secondary N) is 2. The van der Waals surface area contributed by atoms with Gasteiger partial charge >= 0.3 is 0 Å². The number of nitrogens with zero attached hydrogens (tertiary/aromatic N) is 1. The van der Waals surface area contributed by atoms with Gasteiger partial charge in [0.2, 0.25) is 17.7 Å². The first kappa shape index (κ1) is 27.6. The molecule has 0 radical (unpaired) electrons. The monoisotopic (exact) mass is 513 g/mol. The summed E-state index contributed by atoms with van der Waals surface area (Å²) >= 11 is 0. The molecule has 3 fully saturated rings. The van der Waals surface area contributed by atoms with Crippen LogP contribution >= 0.6 is 0 Å². The molecule has 3 saturated heterocycles. The van der Waals surface area contributed by atoms with Gasteiger partial charge in [-0.15, -0.1) is 0 Å². The van der Waals surface area contributed by atoms with Crippen molar-refractivity contribution >= 4 is 23.4 Å². The fourth-order valence-electron chi connectivity index (χ4n) is 7.08. The SMILES string of the molecule is CC(C)(C)CC(C)(C)NC(=O)C1N(CCCCCO)C(=O)[C@@H]2[C@@H](C(=O)Nc3ccccc3)[C@H]3CCC12O3. The number of rotatable bonds is 10. The van der Waals surface area contributed by atoms with Crippen LogP contribution in [0.1, 0.15) is 73.1 Å². The number of unbranched alkanes of at least 4 members (excludes halogenated alkanes) is 2. The fraction of sp³-hybridized carbons (Fsp3) is 0.690. The average Bonchev–Trinajstić information content (AvgIpc) is 3.43. The van der Waals surface area contributed by atoms with Gasteiger partial charge in [0.1, 0.15) is 11.6 Å². The summed E-state index contributed by atoms with van der Waals surface area (Å²) in [6.07, 6.45) is 3.68. The highest BCUT2D eigenvalue weighted by Crippen LogP contribution is 2.58. The van der Waals surface area contributed by atoms with E-state index in [-0.39, 0.29) is 35.8 Å². The number of aliphatic hydroxyl groups excluding tert-OH is 1. The van der Waals surface area contributed by atoms with Gasteiger partial charge in [0.25, 0.3) is 0 Å². The Morgan fingerprint density at radius 2 is 1.78 bits per heavy atom. The Bertz CT molecular complexity index is 1000. The Balaban J connectivity index is 1.62. The summed E-state index contributed by atoms with van der Waals surface area (Å²) in [6.45, 7) is 10.9. The minimum Gasteiger partial charge on any atom is -0.396 e. The highest BCUT2D eigenvalue weighted by molar-refractivity contribution is 6.02. The molecule has 1 spiro atoms. The molecule has 5 atom stereocenters. The van der Waals surface area contributed by atoms with Crippen molar-refractivity contribution in [1.29, 1.82) is 0 Å². The molecule has 37 heavy (non-hydrogen) atoms. The van der Waals surface area contributed by atoms with Gasteiger partial charge in [0, 0.05) is 24.4 Å². The second-order valence-electron chi connectivity index (χ2n) is 12.8. The molecule has 8 nitrogen and oxygen atoms in total. The van der Waals surface area contributed by atoms with E-state index in [1.54, 1.807) is 4.90 Å². The zero-order valence-corrected chi connectivity index (χ0v) is 22.9. The Labute approximate surface area is 220 Å². The number of aliphatic hydroxyl groups is 1. The minimum absolute atomic E-state index is 0.00993. The van der Waals surface area contributed by atoms with Gasteiger partial charge in [0.15, 0.2) is 0 Å². The van der Waals surface area contributed by atoms with Crippen LogP contribution in [0.4, 0.5) is 5.69 Å². The first-order valence-electron chi connectivity index (χ1n) is 13.7. The van der Waals surface area contributed by atoms with Crippen LogP contribution in [-0.2, 0) is 19.1 Å². The van der Waals surface area contributed by atoms with E-state index in [9.17, 15) is 19.5 Å². The van der Waals surface area contributed by atoms with E-state index in [4.69, 9.17) is 4.74 Å². The van der Waals surface area contributed by atoms with E-state index < -0.39 is 29.0 Å². The van der Waals surface area contributed by atoms with Gasteiger partial charge in [-0.2, -0.15) is 0 Å². The summed E-state index contributed by atoms with van der Waals surface area (Å²) in [5, 5.41) is 15.4. The van der Waals surface area contributed by atoms with Crippen LogP contribution in [0, 0.1) is 17.3 Å². The maximum absolute atomic E-state index is 14.0. The van der Waals surface area contributed by atoms with E-state index in [0.717, 1.165) is 12.8 Å². The predicted octanol–water partition coefficient (Wildman–Crippen LogP) is 3.49. The maximum atomic E-state index is 14.0. The molecule has 3 aliphatic heterocycles. The van der Waals surface area contributed by atoms with Gasteiger partial charge in [-0.3, -0.25) is 14.4 Å². The summed E-state index contributed by atoms with van der Waals surface area (Å²) in [7, 11) is 0. The molecule has 204 valence electrons. The van der Waals surface area contributed by atoms with Gasteiger partial charge in [-0.1, -0.05) is 39.0 Å². The molecular formula is C29H43N3O5. The van der Waals surface area contributed by atoms with Crippen molar-refractivity contribution < 1.29 is 24.2 Å². The number of amides is 3. The van der Waals surface area contributed by atoms with E-state index >= 15 is 0 Å². The number of benzene rings is 1. The Hall–Kier alpha value is -2.45. The van der Waals surface area contributed by atoms with E-state index in [1.165, 1.54) is 0 Å². The van der Waals surface area contributed by atoms with Crippen LogP contribution in [0.2, 0.25) is 0 Å². The summed E-state index contributed by atoms with van der Waals surface area (Å²) in [5.74, 6) is -1.94. The number of likely N-dealkylation sites (tertiary alicyclic amines) is 1. The summed E-state index contributed by atoms with van der Waals surface area (Å²) < 4.78 is 6.51. The minimum atomic E-state index is -1.00. The number of anilines is 1. The molecular weight excluding hydrogens is 470 g/mol. The van der Waals surface area contributed by atoms with E-state index in [0.29, 0.717) is 37.9 Å². The number of ether oxygens (including phenoxy) is 1. The third kappa shape index (κ3) is 5.55. The molecule has 3 aliphatic rings. The molecule has 3 heterocycles. The molecule has 0 aromatic heterocycles. The average molecular weight is 514 g/mol. The van der Waals surface area contributed by atoms with Crippen molar-refractivity contribution in [3.63, 3.8) is 0 Å². The fourth-order valence-corrected chi connectivity index (χ4v) is 7.08. The first-order valence-corrected chi connectivity index (χ1v) is 13.7. The number of para-hydroxylation sites is 1. The lowest BCUT2D eigenvalue weighted by Gasteiger charge is -2.38. The number of fused-ring (bicyclic) bond motifs is 1. The van der Waals surface area contributed by atoms with Crippen molar-refractivity contribution in [2.45, 2.75) is 96.4 Å². The topological polar surface area (TPSA) is 108 Å². The van der Waals surface area contributed by atoms with Crippen LogP contribution in [0.15, 0.2) is 30.3 Å². The molecule has 8 heteroatoms. The summed E-state index contributed by atoms with van der Waals surface area (Å²) in [4.78, 5) is 43.0. The number of hydrogen-bond acceptors (Lipinski definition) is 5. The lowest BCUT2D eigenvalue weighted by molar-refractivity contribution is -0.142. The van der Waals surface area contributed by atoms with Crippen molar-refractivity contribution in [3.8, 4) is 0 Å². The summed E-state index contributed by atoms with van der Waals surface area (Å²) in [6, 6.07) is 8.44. The van der Waals surface area contributed by atoms with Crippen LogP contribution in [0.5, 0.6) is 0 Å². The quantitative estimate of drug-likeness (QED) is 0.415. The van der Waals surface area contributed by atoms with Crippen LogP contribution in [0.25, 0.3) is 0 Å². The number of carbonyl (C=O) groups is 3. The Kier molecular flexibility index (Phi) is 7.73. The molecule has 3 amide bonds. The third-order valence-electron chi connectivity index (χ3n) is 7.88. The molecule has 2 bridgehead atoms. The Morgan fingerprint density at radius 3 is 2.43 bits per heavy atom. The first-order chi connectivity index (χ1) is 17.4. The van der Waals surface area contributed by atoms with E-state index in [1.807, 2.05) is 44.2 Å². The zero-order chi connectivity index (χ0) is 27.0. The van der Waals surface area contributed by atoms with Crippen LogP contribution in [-0.4, -0.2) is 64.2 Å². The van der Waals surface area contributed by atoms with Gasteiger partial charge in [-0.25, -0.2) is 0 Å². The highest BCUT2D eigenvalue weighted by Gasteiger charge is 2.74. The molecule has 0 saturated carbocycles. The Morgan fingerprint density at radius 1 is 1.08 bits per heavy atom. The van der Waals surface area contributed by atoms with Gasteiger partial charge < -0.3 is 25.4 Å². The van der Waals surface area contributed by atoms with Crippen molar-refractivity contribution in [3.05, 3.63) is 30.3 Å². The highest BCUT2D eigenvalue weighted by atomic mass is 16.5. The maximum Gasteiger partial charge on any atom is 0.246 e. The normalized spacial score (nSPS) is 28.9. The van der Waals surface area contributed by atoms with E-state index in [2.05, 4.69) is 31.4 Å². The molecule has 2 unspecified atom stereocenters. The molecule has 1 aromatic carbocycles. The second-order valence-corrected chi connectivity index (χ2v) is 12.8. The van der Waals surface area contributed by atoms with Gasteiger partial charge in [0.05, 0.1) is 17.9 Å². The van der Waals surface area contributed by atoms with Crippen LogP contribution in [0.3, 0.4) is 0 Å². The standard InChI is InChI=1S/C29H43N3O5/c1-27(2,3)18-28(4,5)31-25(35)23-29-15-14-20(37-29)21(24(34)30-19-12-8-6-9-13-19)22(29)26(36)32(23)16-10-7-11-17-33/h6,8-9,12-13,20-23,33H,7,10-11,14-18H2,1-5H3,(H,30,34)(H,31,35)/t20-,21+,22+,23?,29?/m1/s1. The lowest BCUT2D eigenvalue weighted by atomic mass is 9.70. The largest absolute Gasteiger partial charge is 0.396 e. The second kappa shape index (κ2) is 10.4. The van der Waals surface area contributed by atoms with Crippen molar-refractivity contribution in [1.82, 2.24) is 10.2 Å². The molecule has 4 rings (SSSR count). The van der Waals surface area contributed by atoms with Gasteiger partial charge in [-0.05, 0) is 69.9 Å². The lowest BCUT2D eigenvalue weighted by Crippen LogP contribution is -2.59. The summed E-state index contributed by atoms with van der Waals surface area (Å²) in [5.41, 5.74) is -0.792. The molecule has 1 aromatic rings. The number of carbonyl (C=O) groups excluding carboxylic acids is 3. The number of hydrogen-bond donors (Lipinski definition) is 3. The zero-order valence-electron chi connectivity index (χ0n) is 22.9. The van der Waals surface area contributed by atoms with Crippen molar-refractivity contribution in [2.75, 3.05) is 18.5 Å². The smallest absolute Gasteiger partial charge is 0.246 e. The predicted molar refractivity (Wildman–Crippen MR) is 142 cm³/mol. The van der Waals surface area contributed by atoms with Crippen molar-refractivity contribution in [2.24, 2.45) is 17.3 Å². The molecule has 3 N–H and O–H groups in total. The molecule has 0 aliphatic carbocycles. The van der Waals surface area contributed by atoms with Crippen LogP contribution < -0.4 is 10.6 Å².